The fraction of sp³-hybridized carbons (Fsp3) is 0.793. The molecule has 1 aromatic rings. The highest BCUT2D eigenvalue weighted by atomic mass is 31.2. The van der Waals surface area contributed by atoms with Gasteiger partial charge in [-0.1, -0.05) is 13.8 Å². The summed E-state index contributed by atoms with van der Waals surface area (Å²) in [6.07, 6.45) is 1.24. The fourth-order valence-corrected chi connectivity index (χ4v) is 5.70. The number of ketones is 1. The van der Waals surface area contributed by atoms with Gasteiger partial charge in [0.15, 0.2) is 24.2 Å². The van der Waals surface area contributed by atoms with Crippen molar-refractivity contribution in [3.8, 4) is 0 Å². The number of aromatic nitrogens is 1. The molecule has 266 valence electrons. The molecular weight excluding hydrogens is 620 g/mol. The second-order valence-electron chi connectivity index (χ2n) is 12.0. The van der Waals surface area contributed by atoms with Gasteiger partial charge in [-0.05, 0) is 81.5 Å². The van der Waals surface area contributed by atoms with Crippen molar-refractivity contribution in [3.05, 3.63) is 30.1 Å². The number of hydrogen-bond donors (Lipinski definition) is 4. The van der Waals surface area contributed by atoms with E-state index in [4.69, 9.17) is 9.79 Å². The molecule has 2 rings (SSSR count). The Balaban J connectivity index is 0. The Labute approximate surface area is 267 Å². The maximum Gasteiger partial charge on any atom is 0.673 e. The number of halogens is 4. The molecule has 10 nitrogen and oxygen atoms in total. The lowest BCUT2D eigenvalue weighted by molar-refractivity contribution is -0.728. The van der Waals surface area contributed by atoms with E-state index in [1.165, 1.54) is 6.92 Å². The summed E-state index contributed by atoms with van der Waals surface area (Å²) in [6, 6.07) is 5.56. The molecule has 0 radical (unpaired) electrons. The normalized spacial score (nSPS) is 20.2. The highest BCUT2D eigenvalue weighted by molar-refractivity contribution is 7.46. The number of Topliss-reactive ketones (excluding diaryl/α,β-unsaturated/α-hetero) is 1. The van der Waals surface area contributed by atoms with Gasteiger partial charge in [-0.25, -0.2) is 4.57 Å². The lowest BCUT2D eigenvalue weighted by atomic mass is 10.1. The van der Waals surface area contributed by atoms with Crippen molar-refractivity contribution in [2.75, 3.05) is 19.7 Å². The Hall–Kier alpha value is -1.45. The van der Waals surface area contributed by atoms with Gasteiger partial charge in [0.1, 0.15) is 6.10 Å². The number of phosphoric ester groups is 1. The first-order valence-corrected chi connectivity index (χ1v) is 16.9. The van der Waals surface area contributed by atoms with Crippen LogP contribution in [0.15, 0.2) is 24.5 Å². The molecule has 0 spiro atoms. The monoisotopic (exact) mass is 677 g/mol. The minimum atomic E-state index is -6.00. The first-order valence-electron chi connectivity index (χ1n) is 15.3. The third kappa shape index (κ3) is 20.4. The maximum absolute atomic E-state index is 11.4. The Bertz CT molecular complexity index is 974. The summed E-state index contributed by atoms with van der Waals surface area (Å²) in [5.41, 5.74) is 0.471. The molecule has 1 fully saturated rings. The highest BCUT2D eigenvalue weighted by Gasteiger charge is 2.47. The molecule has 45 heavy (non-hydrogen) atoms. The fourth-order valence-electron chi connectivity index (χ4n) is 5.31. The lowest BCUT2D eigenvalue weighted by Crippen LogP contribution is -2.45. The van der Waals surface area contributed by atoms with Gasteiger partial charge in [0.25, 0.3) is 0 Å². The Morgan fingerprint density at radius 2 is 1.33 bits per heavy atom. The molecule has 1 aliphatic rings. The minimum Gasteiger partial charge on any atom is -0.418 e. The number of nitrogens with zero attached hydrogens (tertiary/aromatic N) is 3. The van der Waals surface area contributed by atoms with Gasteiger partial charge in [0.2, 0.25) is 0 Å². The molecule has 4 N–H and O–H groups in total. The van der Waals surface area contributed by atoms with Crippen molar-refractivity contribution in [1.82, 2.24) is 9.80 Å². The van der Waals surface area contributed by atoms with E-state index in [0.717, 1.165) is 13.1 Å². The summed E-state index contributed by atoms with van der Waals surface area (Å²) >= 11 is 0. The zero-order valence-electron chi connectivity index (χ0n) is 28.6. The number of carbonyl (C=O) groups is 1. The van der Waals surface area contributed by atoms with Crippen LogP contribution in [0.2, 0.25) is 0 Å². The first-order chi connectivity index (χ1) is 20.4. The second-order valence-corrected chi connectivity index (χ2v) is 13.2. The van der Waals surface area contributed by atoms with E-state index in [-0.39, 0.29) is 18.8 Å². The number of hydrogen-bond acceptors (Lipinski definition) is 7. The molecule has 16 heteroatoms. The van der Waals surface area contributed by atoms with E-state index in [2.05, 4.69) is 83.6 Å². The van der Waals surface area contributed by atoms with E-state index in [1.54, 1.807) is 29.1 Å². The molecule has 1 aliphatic carbocycles. The van der Waals surface area contributed by atoms with E-state index < -0.39 is 39.2 Å². The van der Waals surface area contributed by atoms with Crippen LogP contribution in [0, 0.1) is 5.92 Å². The van der Waals surface area contributed by atoms with Gasteiger partial charge in [-0.2, -0.15) is 4.57 Å². The molecular formula is C29H57BF4N3O7P. The van der Waals surface area contributed by atoms with Crippen molar-refractivity contribution in [2.24, 2.45) is 5.92 Å². The molecule has 0 unspecified atom stereocenters. The average molecular weight is 678 g/mol. The van der Waals surface area contributed by atoms with Crippen LogP contribution in [-0.2, 0) is 9.09 Å². The summed E-state index contributed by atoms with van der Waals surface area (Å²) in [5, 5.41) is 20.1. The predicted molar refractivity (Wildman–Crippen MR) is 169 cm³/mol. The Kier molecular flexibility index (Phi) is 21.8. The standard InChI is InChI=1S/C13H18NO7P.2C8H19N.BF4/c1-8(15)9-3-2-4-14(6-9)11-5-10(12(16)13(11)17)7-21-22(18,19)20;2*1-6-9(7(2)3)8(4)5;2-1(3,4)5/h2-4,6,10-13,16-17H,5,7H2,1H3,(H-,18,19,20);2*7-8H,6H2,1-5H3;/q;;;-1/p+1/t10-,11-,12-,13+;;;/m1.../s1. The Morgan fingerprint density at radius 1 is 0.933 bits per heavy atom. The predicted octanol–water partition coefficient (Wildman–Crippen LogP) is 5.12. The van der Waals surface area contributed by atoms with Crippen molar-refractivity contribution in [2.45, 2.75) is 125 Å². The van der Waals surface area contributed by atoms with Gasteiger partial charge >= 0.3 is 15.1 Å². The summed E-state index contributed by atoms with van der Waals surface area (Å²) in [5.74, 6) is -0.732. The molecule has 1 heterocycles. The van der Waals surface area contributed by atoms with Crippen molar-refractivity contribution >= 4 is 20.9 Å². The minimum absolute atomic E-state index is 0.122. The molecule has 0 bridgehead atoms. The molecule has 1 aromatic heterocycles. The van der Waals surface area contributed by atoms with Gasteiger partial charge in [0.05, 0.1) is 18.3 Å². The van der Waals surface area contributed by atoms with Crippen LogP contribution in [0.5, 0.6) is 0 Å². The van der Waals surface area contributed by atoms with E-state index in [1.807, 2.05) is 0 Å². The second kappa shape index (κ2) is 21.4. The van der Waals surface area contributed by atoms with Crippen molar-refractivity contribution in [3.63, 3.8) is 0 Å². The largest absolute Gasteiger partial charge is 0.673 e. The van der Waals surface area contributed by atoms with Crippen LogP contribution in [0.25, 0.3) is 0 Å². The third-order valence-electron chi connectivity index (χ3n) is 7.22. The SMILES string of the molecule is CC(=O)c1ccc[n+]([C@@H]2C[C@H](COP(=O)(O)O)[C@@H](O)[C@H]2O)c1.CCN(C(C)C)C(C)C.CCN(C(C)C)C(C)C.F[B-](F)(F)F. The van der Waals surface area contributed by atoms with Gasteiger partial charge < -0.3 is 37.3 Å². The maximum atomic E-state index is 11.4. The number of aliphatic hydroxyl groups excluding tert-OH is 2. The summed E-state index contributed by atoms with van der Waals surface area (Å²) < 4.78 is 55.8. The lowest BCUT2D eigenvalue weighted by Gasteiger charge is -2.28. The van der Waals surface area contributed by atoms with Crippen LogP contribution in [0.4, 0.5) is 17.3 Å². The topological polar surface area (TPSA) is 135 Å². The van der Waals surface area contributed by atoms with Crippen LogP contribution in [0.3, 0.4) is 0 Å². The average Bonchev–Trinajstić information content (AvgIpc) is 3.15. The molecule has 0 saturated heterocycles. The van der Waals surface area contributed by atoms with Crippen LogP contribution in [-0.4, -0.2) is 98.9 Å². The number of carbonyl (C=O) groups excluding carboxylic acids is 1. The zero-order chi connectivity index (χ0) is 35.9. The number of pyridine rings is 1. The summed E-state index contributed by atoms with van der Waals surface area (Å²) in [7, 11) is -10.6. The Morgan fingerprint density at radius 3 is 1.62 bits per heavy atom. The summed E-state index contributed by atoms with van der Waals surface area (Å²) in [4.78, 5) is 33.7. The smallest absolute Gasteiger partial charge is 0.418 e. The quantitative estimate of drug-likeness (QED) is 0.0828. The molecule has 0 aliphatic heterocycles. The van der Waals surface area contributed by atoms with Crippen LogP contribution >= 0.6 is 7.82 Å². The van der Waals surface area contributed by atoms with Gasteiger partial charge in [-0.3, -0.25) is 19.1 Å². The number of rotatable bonds is 11. The molecule has 0 aromatic carbocycles. The van der Waals surface area contributed by atoms with E-state index >= 15 is 0 Å². The van der Waals surface area contributed by atoms with Crippen molar-refractivity contribution < 1.29 is 55.7 Å². The molecule has 1 saturated carbocycles. The van der Waals surface area contributed by atoms with E-state index in [9.17, 15) is 36.8 Å². The third-order valence-corrected chi connectivity index (χ3v) is 7.71. The zero-order valence-corrected chi connectivity index (χ0v) is 29.5. The highest BCUT2D eigenvalue weighted by Crippen LogP contribution is 2.40. The van der Waals surface area contributed by atoms with Crippen LogP contribution in [0.1, 0.15) is 99.0 Å². The number of phosphoric acid groups is 1. The molecule has 0 amide bonds. The van der Waals surface area contributed by atoms with Crippen LogP contribution < -0.4 is 4.57 Å². The number of aliphatic hydroxyl groups is 2. The molecule has 4 atom stereocenters. The van der Waals surface area contributed by atoms with Crippen molar-refractivity contribution in [1.29, 1.82) is 0 Å². The summed E-state index contributed by atoms with van der Waals surface area (Å²) in [6.45, 7) is 25.7. The first kappa shape index (κ1) is 45.7. The van der Waals surface area contributed by atoms with Gasteiger partial charge in [-0.15, -0.1) is 0 Å². The van der Waals surface area contributed by atoms with Gasteiger partial charge in [0, 0.05) is 42.6 Å². The van der Waals surface area contributed by atoms with E-state index in [0.29, 0.717) is 29.7 Å².